The van der Waals surface area contributed by atoms with Crippen LogP contribution in [0.1, 0.15) is 37.4 Å². The van der Waals surface area contributed by atoms with E-state index >= 15 is 0 Å². The van der Waals surface area contributed by atoms with E-state index in [2.05, 4.69) is 0 Å². The van der Waals surface area contributed by atoms with Crippen LogP contribution in [0.5, 0.6) is 0 Å². The van der Waals surface area contributed by atoms with Crippen LogP contribution in [0.2, 0.25) is 0 Å². The van der Waals surface area contributed by atoms with Crippen LogP contribution in [0.3, 0.4) is 0 Å². The number of hydrogen-bond acceptors (Lipinski definition) is 5. The van der Waals surface area contributed by atoms with Gasteiger partial charge in [-0.15, -0.1) is 0 Å². The molecule has 0 radical (unpaired) electrons. The summed E-state index contributed by atoms with van der Waals surface area (Å²) < 4.78 is 0. The Labute approximate surface area is 171 Å². The van der Waals surface area contributed by atoms with Gasteiger partial charge in [0.1, 0.15) is 0 Å². The molecule has 0 spiro atoms. The summed E-state index contributed by atoms with van der Waals surface area (Å²) in [6.45, 7) is 3.96. The molecule has 0 amide bonds. The third kappa shape index (κ3) is 4.35. The van der Waals surface area contributed by atoms with E-state index in [4.69, 9.17) is 0 Å². The average molecular weight is 407 g/mol. The van der Waals surface area contributed by atoms with Crippen molar-refractivity contribution in [2.75, 3.05) is 0 Å². The number of rotatable bonds is 6. The summed E-state index contributed by atoms with van der Waals surface area (Å²) in [6, 6.07) is 15.8. The molecule has 0 fully saturated rings. The zero-order chi connectivity index (χ0) is 21.1. The topological polar surface area (TPSA) is 97.5 Å². The normalized spacial score (nSPS) is 10.6. The maximum atomic E-state index is 12.8. The number of carboxylic acids is 1. The highest BCUT2D eigenvalue weighted by Crippen LogP contribution is 2.36. The maximum absolute atomic E-state index is 12.8. The Bertz CT molecular complexity index is 1140. The average Bonchev–Trinajstić information content (AvgIpc) is 2.70. The quantitative estimate of drug-likeness (QED) is 0.339. The van der Waals surface area contributed by atoms with E-state index in [-0.39, 0.29) is 22.4 Å². The van der Waals surface area contributed by atoms with Gasteiger partial charge in [0.05, 0.1) is 15.4 Å². The maximum Gasteiger partial charge on any atom is 0.336 e. The molecule has 3 aromatic rings. The number of aromatic carboxylic acids is 1. The summed E-state index contributed by atoms with van der Waals surface area (Å²) in [7, 11) is 0. The highest BCUT2D eigenvalue weighted by Gasteiger charge is 2.22. The molecule has 0 saturated carbocycles. The van der Waals surface area contributed by atoms with Crippen LogP contribution < -0.4 is 0 Å². The Balaban J connectivity index is 2.00. The Morgan fingerprint density at radius 2 is 1.62 bits per heavy atom. The van der Waals surface area contributed by atoms with Crippen molar-refractivity contribution in [2.24, 2.45) is 0 Å². The van der Waals surface area contributed by atoms with Crippen LogP contribution >= 0.6 is 11.8 Å². The molecule has 0 aliphatic rings. The van der Waals surface area contributed by atoms with Gasteiger partial charge >= 0.3 is 5.97 Å². The zero-order valence-electron chi connectivity index (χ0n) is 15.7. The lowest BCUT2D eigenvalue weighted by molar-refractivity contribution is -0.387. The van der Waals surface area contributed by atoms with Crippen molar-refractivity contribution in [1.29, 1.82) is 0 Å². The van der Waals surface area contributed by atoms with E-state index in [1.54, 1.807) is 6.07 Å². The molecule has 146 valence electrons. The van der Waals surface area contributed by atoms with Gasteiger partial charge in [0.15, 0.2) is 5.78 Å². The van der Waals surface area contributed by atoms with Gasteiger partial charge in [-0.05, 0) is 55.3 Å². The van der Waals surface area contributed by atoms with Crippen LogP contribution in [0.15, 0.2) is 70.5 Å². The summed E-state index contributed by atoms with van der Waals surface area (Å²) in [5, 5.41) is 20.9. The molecule has 0 aromatic heterocycles. The first-order chi connectivity index (χ1) is 13.8. The monoisotopic (exact) mass is 407 g/mol. The van der Waals surface area contributed by atoms with Gasteiger partial charge in [0.2, 0.25) is 0 Å². The number of benzene rings is 3. The Hall–Kier alpha value is -3.45. The van der Waals surface area contributed by atoms with E-state index in [0.717, 1.165) is 16.0 Å². The van der Waals surface area contributed by atoms with E-state index in [9.17, 15) is 24.8 Å². The molecule has 1 N–H and O–H groups in total. The van der Waals surface area contributed by atoms with E-state index in [0.29, 0.717) is 4.90 Å². The highest BCUT2D eigenvalue weighted by atomic mass is 32.2. The van der Waals surface area contributed by atoms with Crippen molar-refractivity contribution in [3.8, 4) is 0 Å². The van der Waals surface area contributed by atoms with Crippen molar-refractivity contribution in [2.45, 2.75) is 23.6 Å². The van der Waals surface area contributed by atoms with Gasteiger partial charge in [0, 0.05) is 22.1 Å². The molecule has 0 aliphatic carbocycles. The highest BCUT2D eigenvalue weighted by molar-refractivity contribution is 7.99. The fourth-order valence-corrected chi connectivity index (χ4v) is 3.81. The van der Waals surface area contributed by atoms with E-state index in [1.165, 1.54) is 48.2 Å². The van der Waals surface area contributed by atoms with Gasteiger partial charge in [-0.25, -0.2) is 4.79 Å². The number of nitro groups is 1. The molecule has 0 bridgehead atoms. The van der Waals surface area contributed by atoms with Gasteiger partial charge in [-0.2, -0.15) is 0 Å². The lowest BCUT2D eigenvalue weighted by atomic mass is 9.98. The van der Waals surface area contributed by atoms with Gasteiger partial charge in [0.25, 0.3) is 5.69 Å². The van der Waals surface area contributed by atoms with E-state index < -0.39 is 16.7 Å². The van der Waals surface area contributed by atoms with Crippen LogP contribution in [-0.2, 0) is 0 Å². The fourth-order valence-electron chi connectivity index (χ4n) is 2.82. The Morgan fingerprint density at radius 1 is 0.931 bits per heavy atom. The van der Waals surface area contributed by atoms with Crippen molar-refractivity contribution in [3.63, 3.8) is 0 Å². The zero-order valence-corrected chi connectivity index (χ0v) is 16.5. The van der Waals surface area contributed by atoms with Crippen LogP contribution in [0.4, 0.5) is 5.69 Å². The predicted octanol–water partition coefficient (Wildman–Crippen LogP) is 5.29. The number of nitrogens with zero attached hydrogens (tertiary/aromatic N) is 1. The number of carbonyl (C=O) groups excluding carboxylic acids is 1. The molecule has 0 aliphatic heterocycles. The third-order valence-corrected chi connectivity index (χ3v) is 5.58. The smallest absolute Gasteiger partial charge is 0.336 e. The number of nitro benzene ring substituents is 1. The largest absolute Gasteiger partial charge is 0.478 e. The first-order valence-electron chi connectivity index (χ1n) is 8.68. The minimum Gasteiger partial charge on any atom is -0.478 e. The van der Waals surface area contributed by atoms with Crippen molar-refractivity contribution < 1.29 is 19.6 Å². The van der Waals surface area contributed by atoms with Crippen LogP contribution in [0.25, 0.3) is 0 Å². The Kier molecular flexibility index (Phi) is 5.79. The number of carbonyl (C=O) groups is 2. The minimum atomic E-state index is -1.23. The summed E-state index contributed by atoms with van der Waals surface area (Å²) in [6.07, 6.45) is 0. The second kappa shape index (κ2) is 8.28. The molecule has 3 aromatic carbocycles. The van der Waals surface area contributed by atoms with Crippen molar-refractivity contribution in [1.82, 2.24) is 0 Å². The lowest BCUT2D eigenvalue weighted by Crippen LogP contribution is -2.10. The van der Waals surface area contributed by atoms with E-state index in [1.807, 2.05) is 32.0 Å². The van der Waals surface area contributed by atoms with Gasteiger partial charge in [-0.3, -0.25) is 14.9 Å². The number of carboxylic acid groups (broad SMARTS) is 1. The molecule has 0 saturated heterocycles. The molecule has 7 heteroatoms. The molecule has 29 heavy (non-hydrogen) atoms. The SMILES string of the molecule is Cc1ccc(Sc2ccc(C(=O)c3ccccc3C(=O)O)cc2[N+](=O)[O-])cc1C. The Morgan fingerprint density at radius 3 is 2.24 bits per heavy atom. The molecular formula is C22H17NO5S. The second-order valence-corrected chi connectivity index (χ2v) is 7.58. The summed E-state index contributed by atoms with van der Waals surface area (Å²) in [5.74, 6) is -1.81. The molecule has 0 heterocycles. The lowest BCUT2D eigenvalue weighted by Gasteiger charge is -2.08. The number of aryl methyl sites for hydroxylation is 2. The standard InChI is InChI=1S/C22H17NO5S/c1-13-7-9-16(11-14(13)2)29-20-10-8-15(12-19(20)23(27)28)21(24)17-5-3-4-6-18(17)22(25)26/h3-12H,1-2H3,(H,25,26). The second-order valence-electron chi connectivity index (χ2n) is 6.47. The number of hydrogen-bond donors (Lipinski definition) is 1. The van der Waals surface area contributed by atoms with Crippen LogP contribution in [0, 0.1) is 24.0 Å². The molecular weight excluding hydrogens is 390 g/mol. The predicted molar refractivity (Wildman–Crippen MR) is 110 cm³/mol. The number of ketones is 1. The molecule has 0 atom stereocenters. The minimum absolute atomic E-state index is 0.0103. The van der Waals surface area contributed by atoms with Crippen molar-refractivity contribution >= 4 is 29.2 Å². The molecule has 0 unspecified atom stereocenters. The first-order valence-corrected chi connectivity index (χ1v) is 9.50. The summed E-state index contributed by atoms with van der Waals surface area (Å²) >= 11 is 1.24. The molecule has 6 nitrogen and oxygen atoms in total. The first kappa shape index (κ1) is 20.3. The van der Waals surface area contributed by atoms with Crippen LogP contribution in [-0.4, -0.2) is 21.8 Å². The molecule has 3 rings (SSSR count). The summed E-state index contributed by atoms with van der Waals surface area (Å²) in [5.41, 5.74) is 1.91. The van der Waals surface area contributed by atoms with Crippen molar-refractivity contribution in [3.05, 3.63) is 98.6 Å². The van der Waals surface area contributed by atoms with Gasteiger partial charge < -0.3 is 5.11 Å². The fraction of sp³-hybridized carbons (Fsp3) is 0.0909. The summed E-state index contributed by atoms with van der Waals surface area (Å²) in [4.78, 5) is 36.5. The third-order valence-electron chi connectivity index (χ3n) is 4.53. The van der Waals surface area contributed by atoms with Gasteiger partial charge in [-0.1, -0.05) is 36.0 Å².